The first-order valence-corrected chi connectivity index (χ1v) is 5.91. The molecule has 0 aliphatic rings. The number of fused-ring (bicyclic) bond motifs is 1. The minimum atomic E-state index is -0.0843. The van der Waals surface area contributed by atoms with Gasteiger partial charge in [0.05, 0.1) is 11.9 Å². The molecule has 0 radical (unpaired) electrons. The molecular weight excluding hydrogens is 240 g/mol. The van der Waals surface area contributed by atoms with Gasteiger partial charge in [-0.05, 0) is 36.4 Å². The fourth-order valence-corrected chi connectivity index (χ4v) is 1.94. The highest BCUT2D eigenvalue weighted by atomic mass is 16.1. The van der Waals surface area contributed by atoms with Crippen molar-refractivity contribution in [2.24, 2.45) is 0 Å². The molecule has 3 rings (SSSR count). The van der Waals surface area contributed by atoms with Gasteiger partial charge in [0.2, 0.25) is 5.91 Å². The Morgan fingerprint density at radius 2 is 2.00 bits per heavy atom. The molecule has 0 aliphatic carbocycles. The molecule has 19 heavy (non-hydrogen) atoms. The molecular formula is C14H12N4O. The van der Waals surface area contributed by atoms with Crippen LogP contribution in [0.3, 0.4) is 0 Å². The zero-order chi connectivity index (χ0) is 13.2. The molecule has 0 spiro atoms. The fraction of sp³-hybridized carbons (Fsp3) is 0.0714. The van der Waals surface area contributed by atoms with Crippen molar-refractivity contribution in [3.8, 4) is 5.69 Å². The molecule has 0 bridgehead atoms. The van der Waals surface area contributed by atoms with E-state index in [-0.39, 0.29) is 5.91 Å². The maximum absolute atomic E-state index is 11.0. The number of anilines is 1. The molecule has 2 aromatic heterocycles. The predicted molar refractivity (Wildman–Crippen MR) is 73.2 cm³/mol. The van der Waals surface area contributed by atoms with Crippen LogP contribution >= 0.6 is 0 Å². The quantitative estimate of drug-likeness (QED) is 0.761. The van der Waals surface area contributed by atoms with Crippen molar-refractivity contribution in [3.05, 3.63) is 48.8 Å². The van der Waals surface area contributed by atoms with Crippen molar-refractivity contribution in [2.75, 3.05) is 5.32 Å². The predicted octanol–water partition coefficient (Wildman–Crippen LogP) is 2.38. The summed E-state index contributed by atoms with van der Waals surface area (Å²) in [4.78, 5) is 15.3. The number of amides is 1. The van der Waals surface area contributed by atoms with Gasteiger partial charge in [-0.25, -0.2) is 9.67 Å². The minimum absolute atomic E-state index is 0.0843. The number of carbonyl (C=O) groups excluding carboxylic acids is 1. The van der Waals surface area contributed by atoms with E-state index in [0.29, 0.717) is 0 Å². The Morgan fingerprint density at radius 3 is 2.74 bits per heavy atom. The summed E-state index contributed by atoms with van der Waals surface area (Å²) in [6, 6.07) is 11.3. The SMILES string of the molecule is CC(=O)Nc1ccc(-n2ncc3cccnc32)cc1. The van der Waals surface area contributed by atoms with Gasteiger partial charge in [-0.3, -0.25) is 4.79 Å². The molecule has 0 aliphatic heterocycles. The van der Waals surface area contributed by atoms with Crippen LogP contribution in [0.4, 0.5) is 5.69 Å². The van der Waals surface area contributed by atoms with Crippen LogP contribution in [0.5, 0.6) is 0 Å². The smallest absolute Gasteiger partial charge is 0.221 e. The van der Waals surface area contributed by atoms with Gasteiger partial charge in [0, 0.05) is 24.2 Å². The fourth-order valence-electron chi connectivity index (χ4n) is 1.94. The molecule has 94 valence electrons. The Labute approximate surface area is 109 Å². The van der Waals surface area contributed by atoms with Gasteiger partial charge in [-0.15, -0.1) is 0 Å². The standard InChI is InChI=1S/C14H12N4O/c1-10(19)17-12-4-6-13(7-5-12)18-14-11(9-16-18)3-2-8-15-14/h2-9H,1H3,(H,17,19). The van der Waals surface area contributed by atoms with Crippen molar-refractivity contribution in [1.29, 1.82) is 0 Å². The largest absolute Gasteiger partial charge is 0.326 e. The van der Waals surface area contributed by atoms with E-state index in [0.717, 1.165) is 22.4 Å². The molecule has 0 saturated carbocycles. The lowest BCUT2D eigenvalue weighted by Gasteiger charge is -2.05. The van der Waals surface area contributed by atoms with Crippen LogP contribution in [-0.2, 0) is 4.79 Å². The van der Waals surface area contributed by atoms with E-state index in [1.807, 2.05) is 36.4 Å². The third-order valence-corrected chi connectivity index (χ3v) is 2.76. The van der Waals surface area contributed by atoms with Crippen LogP contribution in [0.25, 0.3) is 16.7 Å². The van der Waals surface area contributed by atoms with Crippen LogP contribution in [0.15, 0.2) is 48.8 Å². The zero-order valence-electron chi connectivity index (χ0n) is 10.4. The van der Waals surface area contributed by atoms with Crippen LogP contribution in [0, 0.1) is 0 Å². The van der Waals surface area contributed by atoms with Crippen molar-refractivity contribution in [1.82, 2.24) is 14.8 Å². The molecule has 5 heteroatoms. The molecule has 0 fully saturated rings. The Balaban J connectivity index is 2.00. The topological polar surface area (TPSA) is 59.8 Å². The highest BCUT2D eigenvalue weighted by molar-refractivity contribution is 5.88. The zero-order valence-corrected chi connectivity index (χ0v) is 10.4. The highest BCUT2D eigenvalue weighted by Gasteiger charge is 2.05. The summed E-state index contributed by atoms with van der Waals surface area (Å²) in [6.07, 6.45) is 3.52. The minimum Gasteiger partial charge on any atom is -0.326 e. The molecule has 1 N–H and O–H groups in total. The summed E-state index contributed by atoms with van der Waals surface area (Å²) >= 11 is 0. The first-order chi connectivity index (χ1) is 9.24. The number of nitrogens with one attached hydrogen (secondary N) is 1. The average molecular weight is 252 g/mol. The third-order valence-electron chi connectivity index (χ3n) is 2.76. The van der Waals surface area contributed by atoms with Crippen LogP contribution < -0.4 is 5.32 Å². The van der Waals surface area contributed by atoms with Crippen molar-refractivity contribution < 1.29 is 4.79 Å². The Bertz CT molecular complexity index is 731. The Hall–Kier alpha value is -2.69. The van der Waals surface area contributed by atoms with E-state index in [1.165, 1.54) is 6.92 Å². The third kappa shape index (κ3) is 2.18. The van der Waals surface area contributed by atoms with Crippen molar-refractivity contribution >= 4 is 22.6 Å². The van der Waals surface area contributed by atoms with E-state index in [9.17, 15) is 4.79 Å². The lowest BCUT2D eigenvalue weighted by atomic mass is 10.2. The number of carbonyl (C=O) groups is 1. The number of benzene rings is 1. The molecule has 3 aromatic rings. The maximum atomic E-state index is 11.0. The van der Waals surface area contributed by atoms with E-state index in [4.69, 9.17) is 0 Å². The Kier molecular flexibility index (Phi) is 2.72. The monoisotopic (exact) mass is 252 g/mol. The maximum Gasteiger partial charge on any atom is 0.221 e. The molecule has 1 aromatic carbocycles. The van der Waals surface area contributed by atoms with Gasteiger partial charge < -0.3 is 5.32 Å². The molecule has 1 amide bonds. The van der Waals surface area contributed by atoms with Gasteiger partial charge in [0.25, 0.3) is 0 Å². The van der Waals surface area contributed by atoms with E-state index in [1.54, 1.807) is 17.1 Å². The second-order valence-corrected chi connectivity index (χ2v) is 4.20. The van der Waals surface area contributed by atoms with Gasteiger partial charge in [0.15, 0.2) is 5.65 Å². The normalized spacial score (nSPS) is 10.6. The highest BCUT2D eigenvalue weighted by Crippen LogP contribution is 2.17. The van der Waals surface area contributed by atoms with E-state index < -0.39 is 0 Å². The molecule has 5 nitrogen and oxygen atoms in total. The number of pyridine rings is 1. The van der Waals surface area contributed by atoms with Crippen LogP contribution in [-0.4, -0.2) is 20.7 Å². The van der Waals surface area contributed by atoms with E-state index in [2.05, 4.69) is 15.4 Å². The van der Waals surface area contributed by atoms with Crippen LogP contribution in [0.2, 0.25) is 0 Å². The second kappa shape index (κ2) is 4.53. The number of rotatable bonds is 2. The van der Waals surface area contributed by atoms with Crippen LogP contribution in [0.1, 0.15) is 6.92 Å². The van der Waals surface area contributed by atoms with Gasteiger partial charge in [0.1, 0.15) is 0 Å². The molecule has 0 saturated heterocycles. The molecule has 2 heterocycles. The van der Waals surface area contributed by atoms with Crippen molar-refractivity contribution in [2.45, 2.75) is 6.92 Å². The number of hydrogen-bond acceptors (Lipinski definition) is 3. The van der Waals surface area contributed by atoms with E-state index >= 15 is 0 Å². The summed E-state index contributed by atoms with van der Waals surface area (Å²) in [5.74, 6) is -0.0843. The van der Waals surface area contributed by atoms with Gasteiger partial charge in [-0.1, -0.05) is 0 Å². The number of aromatic nitrogens is 3. The number of hydrogen-bond donors (Lipinski definition) is 1. The van der Waals surface area contributed by atoms with Crippen molar-refractivity contribution in [3.63, 3.8) is 0 Å². The summed E-state index contributed by atoms with van der Waals surface area (Å²) < 4.78 is 1.77. The lowest BCUT2D eigenvalue weighted by Crippen LogP contribution is -2.05. The molecule has 0 unspecified atom stereocenters. The number of nitrogens with zero attached hydrogens (tertiary/aromatic N) is 3. The summed E-state index contributed by atoms with van der Waals surface area (Å²) in [5, 5.41) is 8.05. The first-order valence-electron chi connectivity index (χ1n) is 5.91. The van der Waals surface area contributed by atoms with Gasteiger partial charge >= 0.3 is 0 Å². The average Bonchev–Trinajstić information content (AvgIpc) is 2.83. The summed E-state index contributed by atoms with van der Waals surface area (Å²) in [5.41, 5.74) is 2.48. The summed E-state index contributed by atoms with van der Waals surface area (Å²) in [7, 11) is 0. The molecule has 0 atom stereocenters. The lowest BCUT2D eigenvalue weighted by molar-refractivity contribution is -0.114. The summed E-state index contributed by atoms with van der Waals surface area (Å²) in [6.45, 7) is 1.48. The second-order valence-electron chi connectivity index (χ2n) is 4.20. The van der Waals surface area contributed by atoms with Gasteiger partial charge in [-0.2, -0.15) is 5.10 Å². The first kappa shape index (κ1) is 11.4. The Morgan fingerprint density at radius 1 is 1.21 bits per heavy atom.